The van der Waals surface area contributed by atoms with Crippen molar-refractivity contribution in [3.05, 3.63) is 53.1 Å². The number of ketones is 1. The van der Waals surface area contributed by atoms with Crippen molar-refractivity contribution in [3.8, 4) is 0 Å². The minimum atomic E-state index is -4.31. The van der Waals surface area contributed by atoms with Gasteiger partial charge in [0.1, 0.15) is 0 Å². The second-order valence-electron chi connectivity index (χ2n) is 6.16. The van der Waals surface area contributed by atoms with Gasteiger partial charge in [-0.05, 0) is 41.2 Å². The minimum absolute atomic E-state index is 0.0638. The molecule has 0 bridgehead atoms. The summed E-state index contributed by atoms with van der Waals surface area (Å²) in [7, 11) is 0. The Labute approximate surface area is 122 Å². The second-order valence-corrected chi connectivity index (χ2v) is 6.16. The lowest BCUT2D eigenvalue weighted by Gasteiger charge is -2.27. The molecular formula is C17H17F3O. The molecule has 0 aliphatic heterocycles. The van der Waals surface area contributed by atoms with Crippen LogP contribution in [0.5, 0.6) is 0 Å². The number of hydrogen-bond acceptors (Lipinski definition) is 1. The van der Waals surface area contributed by atoms with E-state index in [9.17, 15) is 18.0 Å². The molecule has 0 spiro atoms. The highest BCUT2D eigenvalue weighted by molar-refractivity contribution is 5.92. The van der Waals surface area contributed by atoms with Gasteiger partial charge >= 0.3 is 6.18 Å². The molecule has 1 aromatic rings. The molecule has 0 amide bonds. The normalized spacial score (nSPS) is 18.9. The van der Waals surface area contributed by atoms with Crippen molar-refractivity contribution < 1.29 is 18.0 Å². The van der Waals surface area contributed by atoms with E-state index in [0.29, 0.717) is 12.0 Å². The summed E-state index contributed by atoms with van der Waals surface area (Å²) >= 11 is 0. The van der Waals surface area contributed by atoms with E-state index in [-0.39, 0.29) is 11.2 Å². The number of halogens is 3. The summed E-state index contributed by atoms with van der Waals surface area (Å²) in [5.41, 5.74) is 0.870. The van der Waals surface area contributed by atoms with Crippen molar-refractivity contribution in [2.24, 2.45) is 5.41 Å². The van der Waals surface area contributed by atoms with Crippen molar-refractivity contribution in [2.75, 3.05) is 0 Å². The van der Waals surface area contributed by atoms with Crippen molar-refractivity contribution in [1.82, 2.24) is 0 Å². The molecule has 0 aromatic heterocycles. The summed E-state index contributed by atoms with van der Waals surface area (Å²) in [6.07, 6.45) is 2.17. The Balaban J connectivity index is 2.13. The zero-order valence-electron chi connectivity index (χ0n) is 12.0. The summed E-state index contributed by atoms with van der Waals surface area (Å²) < 4.78 is 37.4. The first-order chi connectivity index (χ1) is 9.66. The molecule has 1 nitrogen and oxygen atoms in total. The molecule has 2 rings (SSSR count). The van der Waals surface area contributed by atoms with Gasteiger partial charge in [-0.2, -0.15) is 13.2 Å². The largest absolute Gasteiger partial charge is 0.416 e. The number of rotatable bonds is 2. The van der Waals surface area contributed by atoms with Crippen LogP contribution in [-0.2, 0) is 11.0 Å². The molecule has 0 unspecified atom stereocenters. The van der Waals surface area contributed by atoms with Gasteiger partial charge in [-0.1, -0.05) is 38.1 Å². The smallest absolute Gasteiger partial charge is 0.295 e. The Morgan fingerprint density at radius 1 is 1.05 bits per heavy atom. The van der Waals surface area contributed by atoms with Crippen LogP contribution < -0.4 is 0 Å². The molecule has 0 heterocycles. The van der Waals surface area contributed by atoms with E-state index in [1.165, 1.54) is 12.1 Å². The van der Waals surface area contributed by atoms with Crippen LogP contribution in [0, 0.1) is 5.41 Å². The third kappa shape index (κ3) is 4.31. The van der Waals surface area contributed by atoms with Crippen molar-refractivity contribution in [3.63, 3.8) is 0 Å². The van der Waals surface area contributed by atoms with Crippen molar-refractivity contribution >= 4 is 11.9 Å². The van der Waals surface area contributed by atoms with Gasteiger partial charge < -0.3 is 0 Å². The van der Waals surface area contributed by atoms with Crippen LogP contribution in [0.2, 0.25) is 0 Å². The highest BCUT2D eigenvalue weighted by Crippen LogP contribution is 2.34. The Bertz CT molecular complexity index is 589. The average molecular weight is 294 g/mol. The number of allylic oxidation sites excluding steroid dienone is 3. The Hall–Kier alpha value is -1.84. The molecular weight excluding hydrogens is 277 g/mol. The molecule has 112 valence electrons. The highest BCUT2D eigenvalue weighted by Gasteiger charge is 2.30. The van der Waals surface area contributed by atoms with Crippen LogP contribution in [0.3, 0.4) is 0 Å². The van der Waals surface area contributed by atoms with Crippen LogP contribution >= 0.6 is 0 Å². The van der Waals surface area contributed by atoms with E-state index in [1.54, 1.807) is 18.2 Å². The van der Waals surface area contributed by atoms with E-state index >= 15 is 0 Å². The molecule has 0 saturated carbocycles. The Morgan fingerprint density at radius 3 is 2.19 bits per heavy atom. The fourth-order valence-corrected chi connectivity index (χ4v) is 2.49. The first kappa shape index (κ1) is 15.5. The zero-order chi connectivity index (χ0) is 15.7. The maximum atomic E-state index is 12.5. The number of benzene rings is 1. The van der Waals surface area contributed by atoms with Crippen LogP contribution in [0.1, 0.15) is 37.8 Å². The minimum Gasteiger partial charge on any atom is -0.295 e. The maximum Gasteiger partial charge on any atom is 0.416 e. The molecule has 21 heavy (non-hydrogen) atoms. The molecule has 4 heteroatoms. The summed E-state index contributed by atoms with van der Waals surface area (Å²) in [5.74, 6) is 0.0957. The number of carbonyl (C=O) groups is 1. The molecule has 1 aromatic carbocycles. The molecule has 0 N–H and O–H groups in total. The Morgan fingerprint density at radius 2 is 1.67 bits per heavy atom. The molecule has 0 saturated heterocycles. The van der Waals surface area contributed by atoms with Gasteiger partial charge in [-0.3, -0.25) is 4.79 Å². The lowest BCUT2D eigenvalue weighted by molar-refractivity contribution is -0.137. The van der Waals surface area contributed by atoms with Gasteiger partial charge in [0.15, 0.2) is 5.78 Å². The van der Waals surface area contributed by atoms with Gasteiger partial charge in [0.25, 0.3) is 0 Å². The van der Waals surface area contributed by atoms with E-state index in [0.717, 1.165) is 24.1 Å². The van der Waals surface area contributed by atoms with Crippen LogP contribution in [0.25, 0.3) is 6.08 Å². The predicted octanol–water partition coefficient (Wildman–Crippen LogP) is 5.03. The topological polar surface area (TPSA) is 17.1 Å². The molecule has 0 atom stereocenters. The first-order valence-corrected chi connectivity index (χ1v) is 6.74. The van der Waals surface area contributed by atoms with E-state index in [2.05, 4.69) is 0 Å². The third-order valence-corrected chi connectivity index (χ3v) is 3.41. The first-order valence-electron chi connectivity index (χ1n) is 6.74. The van der Waals surface area contributed by atoms with Gasteiger partial charge in [0, 0.05) is 6.42 Å². The van der Waals surface area contributed by atoms with Crippen molar-refractivity contribution in [2.45, 2.75) is 32.9 Å². The lowest BCUT2D eigenvalue weighted by atomic mass is 9.77. The van der Waals surface area contributed by atoms with E-state index in [1.807, 2.05) is 13.8 Å². The SMILES string of the molecule is CC1(C)CC(=O)C=C(C=Cc2ccc(C(F)(F)F)cc2)C1. The van der Waals surface area contributed by atoms with E-state index in [4.69, 9.17) is 0 Å². The zero-order valence-corrected chi connectivity index (χ0v) is 12.0. The van der Waals surface area contributed by atoms with Gasteiger partial charge in [0.05, 0.1) is 5.56 Å². The fourth-order valence-electron chi connectivity index (χ4n) is 2.49. The maximum absolute atomic E-state index is 12.5. The number of alkyl halides is 3. The summed E-state index contributed by atoms with van der Waals surface area (Å²) in [6, 6.07) is 4.97. The summed E-state index contributed by atoms with van der Waals surface area (Å²) in [4.78, 5) is 11.6. The fraction of sp³-hybridized carbons (Fsp3) is 0.353. The van der Waals surface area contributed by atoms with Crippen LogP contribution in [0.15, 0.2) is 42.0 Å². The van der Waals surface area contributed by atoms with Crippen LogP contribution in [0.4, 0.5) is 13.2 Å². The van der Waals surface area contributed by atoms with Gasteiger partial charge in [-0.25, -0.2) is 0 Å². The monoisotopic (exact) mass is 294 g/mol. The Kier molecular flexibility index (Phi) is 4.08. The standard InChI is InChI=1S/C17H17F3O/c1-16(2)10-13(9-15(21)11-16)4-3-12-5-7-14(8-6-12)17(18,19)20/h3-9H,10-11H2,1-2H3. The molecule has 0 radical (unpaired) electrons. The number of carbonyl (C=O) groups excluding carboxylic acids is 1. The molecule has 1 aliphatic carbocycles. The van der Waals surface area contributed by atoms with Gasteiger partial charge in [-0.15, -0.1) is 0 Å². The highest BCUT2D eigenvalue weighted by atomic mass is 19.4. The molecule has 0 fully saturated rings. The van der Waals surface area contributed by atoms with Gasteiger partial charge in [0.2, 0.25) is 0 Å². The van der Waals surface area contributed by atoms with E-state index < -0.39 is 11.7 Å². The quantitative estimate of drug-likeness (QED) is 0.747. The predicted molar refractivity (Wildman–Crippen MR) is 76.6 cm³/mol. The average Bonchev–Trinajstić information content (AvgIpc) is 2.33. The number of hydrogen-bond donors (Lipinski definition) is 0. The third-order valence-electron chi connectivity index (χ3n) is 3.41. The second kappa shape index (κ2) is 5.51. The summed E-state index contributed by atoms with van der Waals surface area (Å²) in [5, 5.41) is 0. The summed E-state index contributed by atoms with van der Waals surface area (Å²) in [6.45, 7) is 4.06. The van der Waals surface area contributed by atoms with Crippen molar-refractivity contribution in [1.29, 1.82) is 0 Å². The lowest BCUT2D eigenvalue weighted by Crippen LogP contribution is -2.21. The van der Waals surface area contributed by atoms with Crippen LogP contribution in [-0.4, -0.2) is 5.78 Å². The molecule has 1 aliphatic rings.